The average Bonchev–Trinajstić information content (AvgIpc) is 2.71. The van der Waals surface area contributed by atoms with Crippen LogP contribution in [0.25, 0.3) is 0 Å². The number of non-ortho nitro benzene ring substituents is 1. The van der Waals surface area contributed by atoms with Crippen molar-refractivity contribution in [3.8, 4) is 5.75 Å². The van der Waals surface area contributed by atoms with Crippen LogP contribution in [0, 0.1) is 10.1 Å². The zero-order valence-electron chi connectivity index (χ0n) is 15.2. The molecule has 0 radical (unpaired) electrons. The van der Waals surface area contributed by atoms with E-state index in [2.05, 4.69) is 15.2 Å². The molecule has 0 amide bonds. The lowest BCUT2D eigenvalue weighted by atomic mass is 10.2. The molecule has 0 spiro atoms. The third-order valence-corrected chi connectivity index (χ3v) is 5.56. The molecule has 30 heavy (non-hydrogen) atoms. The normalized spacial score (nSPS) is 11.4. The van der Waals surface area contributed by atoms with E-state index >= 15 is 0 Å². The van der Waals surface area contributed by atoms with Gasteiger partial charge in [-0.1, -0.05) is 23.7 Å². The SMILES string of the molecule is O=[N+]([O-])c1ccc(N/N=C/c2ccccc2O)c(S(=O)(=O)Nc2ccc(Cl)cc2)c1. The summed E-state index contributed by atoms with van der Waals surface area (Å²) < 4.78 is 28.1. The molecule has 3 aromatic rings. The fraction of sp³-hybridized carbons (Fsp3) is 0. The molecule has 0 aliphatic carbocycles. The van der Waals surface area contributed by atoms with Gasteiger partial charge in [0, 0.05) is 28.4 Å². The quantitative estimate of drug-likeness (QED) is 0.283. The lowest BCUT2D eigenvalue weighted by Gasteiger charge is -2.12. The third-order valence-electron chi connectivity index (χ3n) is 3.89. The van der Waals surface area contributed by atoms with E-state index in [1.165, 1.54) is 42.6 Å². The van der Waals surface area contributed by atoms with Crippen LogP contribution in [0.15, 0.2) is 76.7 Å². The highest BCUT2D eigenvalue weighted by Gasteiger charge is 2.22. The standard InChI is InChI=1S/C19H15ClN4O5S/c20-14-5-7-15(8-6-14)23-30(28,29)19-11-16(24(26)27)9-10-17(19)22-21-12-13-3-1-2-4-18(13)25/h1-12,22-23,25H/b21-12+. The molecule has 0 bridgehead atoms. The largest absolute Gasteiger partial charge is 0.507 e. The summed E-state index contributed by atoms with van der Waals surface area (Å²) in [6.45, 7) is 0. The first-order chi connectivity index (χ1) is 14.3. The van der Waals surface area contributed by atoms with Gasteiger partial charge in [-0.25, -0.2) is 8.42 Å². The lowest BCUT2D eigenvalue weighted by molar-refractivity contribution is -0.385. The molecule has 3 N–H and O–H groups in total. The van der Waals surface area contributed by atoms with Gasteiger partial charge in [0.25, 0.3) is 15.7 Å². The molecule has 9 nitrogen and oxygen atoms in total. The lowest BCUT2D eigenvalue weighted by Crippen LogP contribution is -2.15. The Morgan fingerprint density at radius 2 is 1.77 bits per heavy atom. The van der Waals surface area contributed by atoms with E-state index in [9.17, 15) is 23.6 Å². The van der Waals surface area contributed by atoms with Gasteiger partial charge in [0.05, 0.1) is 16.8 Å². The number of sulfonamides is 1. The molecular weight excluding hydrogens is 432 g/mol. The minimum atomic E-state index is -4.20. The Balaban J connectivity index is 1.94. The number of aromatic hydroxyl groups is 1. The smallest absolute Gasteiger partial charge is 0.270 e. The second kappa shape index (κ2) is 8.80. The first-order valence-corrected chi connectivity index (χ1v) is 10.3. The summed E-state index contributed by atoms with van der Waals surface area (Å²) in [6, 6.07) is 15.6. The molecule has 0 atom stereocenters. The molecule has 0 saturated carbocycles. The molecule has 0 unspecified atom stereocenters. The van der Waals surface area contributed by atoms with Gasteiger partial charge in [0.1, 0.15) is 10.6 Å². The van der Waals surface area contributed by atoms with E-state index in [1.54, 1.807) is 18.2 Å². The number of nitrogens with one attached hydrogen (secondary N) is 2. The van der Waals surface area contributed by atoms with Crippen molar-refractivity contribution in [3.63, 3.8) is 0 Å². The zero-order valence-corrected chi connectivity index (χ0v) is 16.8. The van der Waals surface area contributed by atoms with E-state index in [0.717, 1.165) is 12.1 Å². The number of nitro groups is 1. The number of phenolic OH excluding ortho intramolecular Hbond substituents is 1. The minimum absolute atomic E-state index is 0.00809. The Bertz CT molecular complexity index is 1210. The molecule has 3 rings (SSSR count). The Hall–Kier alpha value is -3.63. The van der Waals surface area contributed by atoms with Gasteiger partial charge in [-0.15, -0.1) is 0 Å². The fourth-order valence-electron chi connectivity index (χ4n) is 2.44. The summed E-state index contributed by atoms with van der Waals surface area (Å²) in [5, 5.41) is 25.2. The first kappa shape index (κ1) is 21.1. The summed E-state index contributed by atoms with van der Waals surface area (Å²) >= 11 is 5.80. The van der Waals surface area contributed by atoms with Crippen molar-refractivity contribution in [2.24, 2.45) is 5.10 Å². The Morgan fingerprint density at radius 3 is 2.43 bits per heavy atom. The molecule has 154 valence electrons. The van der Waals surface area contributed by atoms with Crippen molar-refractivity contribution in [1.29, 1.82) is 0 Å². The Labute approximate surface area is 176 Å². The van der Waals surface area contributed by atoms with Crippen LogP contribution in [0.1, 0.15) is 5.56 Å². The summed E-state index contributed by atoms with van der Waals surface area (Å²) in [5.41, 5.74) is 2.79. The van der Waals surface area contributed by atoms with Crippen LogP contribution in [-0.2, 0) is 10.0 Å². The number of anilines is 2. The van der Waals surface area contributed by atoms with Gasteiger partial charge in [-0.3, -0.25) is 20.3 Å². The minimum Gasteiger partial charge on any atom is -0.507 e. The number of hydrogen-bond acceptors (Lipinski definition) is 7. The summed E-state index contributed by atoms with van der Waals surface area (Å²) in [7, 11) is -4.20. The molecule has 0 heterocycles. The van der Waals surface area contributed by atoms with Crippen LogP contribution in [0.5, 0.6) is 5.75 Å². The van der Waals surface area contributed by atoms with Crippen molar-refractivity contribution in [2.75, 3.05) is 10.1 Å². The highest BCUT2D eigenvalue weighted by atomic mass is 35.5. The number of hydrazone groups is 1. The van der Waals surface area contributed by atoms with Gasteiger partial charge in [0.15, 0.2) is 0 Å². The molecule has 11 heteroatoms. The number of phenols is 1. The Kier molecular flexibility index (Phi) is 6.19. The van der Waals surface area contributed by atoms with Crippen molar-refractivity contribution in [3.05, 3.63) is 87.4 Å². The van der Waals surface area contributed by atoms with Crippen LogP contribution in [0.4, 0.5) is 17.1 Å². The Morgan fingerprint density at radius 1 is 1.07 bits per heavy atom. The molecule has 0 aliphatic heterocycles. The molecule has 0 saturated heterocycles. The number of rotatable bonds is 7. The van der Waals surface area contributed by atoms with Crippen LogP contribution in [0.3, 0.4) is 0 Å². The third kappa shape index (κ3) is 5.04. The maximum atomic E-state index is 12.9. The van der Waals surface area contributed by atoms with E-state index in [1.807, 2.05) is 0 Å². The van der Waals surface area contributed by atoms with E-state index in [4.69, 9.17) is 11.6 Å². The topological polar surface area (TPSA) is 134 Å². The van der Waals surface area contributed by atoms with Crippen LogP contribution in [0.2, 0.25) is 5.02 Å². The average molecular weight is 447 g/mol. The van der Waals surface area contributed by atoms with Gasteiger partial charge < -0.3 is 5.11 Å². The summed E-state index contributed by atoms with van der Waals surface area (Å²) in [6.07, 6.45) is 1.29. The van der Waals surface area contributed by atoms with Crippen LogP contribution < -0.4 is 10.1 Å². The second-order valence-electron chi connectivity index (χ2n) is 5.98. The fourth-order valence-corrected chi connectivity index (χ4v) is 3.80. The molecular formula is C19H15ClN4O5S. The van der Waals surface area contributed by atoms with Gasteiger partial charge in [-0.2, -0.15) is 5.10 Å². The number of para-hydroxylation sites is 1. The maximum Gasteiger partial charge on any atom is 0.270 e. The summed E-state index contributed by atoms with van der Waals surface area (Å²) in [4.78, 5) is 10.0. The zero-order chi connectivity index (χ0) is 21.7. The molecule has 3 aromatic carbocycles. The van der Waals surface area contributed by atoms with E-state index in [-0.39, 0.29) is 22.0 Å². The van der Waals surface area contributed by atoms with Gasteiger partial charge >= 0.3 is 0 Å². The van der Waals surface area contributed by atoms with Crippen molar-refractivity contribution >= 4 is 44.9 Å². The number of benzene rings is 3. The van der Waals surface area contributed by atoms with Crippen molar-refractivity contribution < 1.29 is 18.4 Å². The van der Waals surface area contributed by atoms with Crippen molar-refractivity contribution in [1.82, 2.24) is 0 Å². The predicted octanol–water partition coefficient (Wildman–Crippen LogP) is 4.20. The highest BCUT2D eigenvalue weighted by Crippen LogP contribution is 2.28. The summed E-state index contributed by atoms with van der Waals surface area (Å²) in [5.74, 6) is -0.0102. The predicted molar refractivity (Wildman–Crippen MR) is 115 cm³/mol. The first-order valence-electron chi connectivity index (χ1n) is 8.40. The van der Waals surface area contributed by atoms with Gasteiger partial charge in [-0.05, 0) is 42.5 Å². The number of nitro benzene ring substituents is 1. The van der Waals surface area contributed by atoms with Crippen LogP contribution >= 0.6 is 11.6 Å². The second-order valence-corrected chi connectivity index (χ2v) is 8.07. The number of halogens is 1. The number of hydrogen-bond donors (Lipinski definition) is 3. The highest BCUT2D eigenvalue weighted by molar-refractivity contribution is 7.92. The molecule has 0 aromatic heterocycles. The molecule has 0 aliphatic rings. The monoisotopic (exact) mass is 446 g/mol. The van der Waals surface area contributed by atoms with E-state index < -0.39 is 20.6 Å². The van der Waals surface area contributed by atoms with E-state index in [0.29, 0.717) is 10.6 Å². The van der Waals surface area contributed by atoms with Crippen LogP contribution in [-0.4, -0.2) is 24.7 Å². The maximum absolute atomic E-state index is 12.9. The molecule has 0 fully saturated rings. The van der Waals surface area contributed by atoms with Gasteiger partial charge in [0.2, 0.25) is 0 Å². The number of nitrogens with zero attached hydrogens (tertiary/aromatic N) is 2. The van der Waals surface area contributed by atoms with Crippen molar-refractivity contribution in [2.45, 2.75) is 4.90 Å².